The Kier molecular flexibility index (Phi) is 5.35. The molecule has 0 radical (unpaired) electrons. The van der Waals surface area contributed by atoms with Gasteiger partial charge in [-0.05, 0) is 11.1 Å². The second kappa shape index (κ2) is 6.47. The minimum Gasteiger partial charge on any atom is -0.393 e. The van der Waals surface area contributed by atoms with Crippen LogP contribution in [0.1, 0.15) is 0 Å². The van der Waals surface area contributed by atoms with Crippen molar-refractivity contribution in [3.63, 3.8) is 0 Å². The SMILES string of the molecule is [N-]=[N+]=NCC(=O)OC(=O)CN=[N+]=[N-]. The van der Waals surface area contributed by atoms with E-state index >= 15 is 0 Å². The van der Waals surface area contributed by atoms with Crippen LogP contribution in [-0.4, -0.2) is 25.0 Å². The molecule has 0 aromatic heterocycles. The van der Waals surface area contributed by atoms with E-state index in [1.54, 1.807) is 0 Å². The zero-order chi connectivity index (χ0) is 10.1. The molecule has 13 heavy (non-hydrogen) atoms. The Balaban J connectivity index is 3.84. The van der Waals surface area contributed by atoms with Crippen LogP contribution in [0.25, 0.3) is 20.9 Å². The average molecular weight is 184 g/mol. The average Bonchev–Trinajstić information content (AvgIpc) is 2.11. The first-order valence-corrected chi connectivity index (χ1v) is 2.96. The first-order valence-electron chi connectivity index (χ1n) is 2.96. The molecule has 0 saturated heterocycles. The number of hydrogen-bond acceptors (Lipinski definition) is 5. The van der Waals surface area contributed by atoms with Crippen molar-refractivity contribution in [2.75, 3.05) is 13.1 Å². The van der Waals surface area contributed by atoms with Crippen LogP contribution < -0.4 is 0 Å². The molecular formula is C4H4N6O3. The zero-order valence-electron chi connectivity index (χ0n) is 6.32. The molecule has 0 aliphatic heterocycles. The van der Waals surface area contributed by atoms with Crippen molar-refractivity contribution in [1.82, 2.24) is 0 Å². The molecule has 0 aliphatic rings. The topological polar surface area (TPSA) is 141 Å². The van der Waals surface area contributed by atoms with Crippen molar-refractivity contribution in [2.24, 2.45) is 10.2 Å². The number of ether oxygens (including phenoxy) is 1. The zero-order valence-corrected chi connectivity index (χ0v) is 6.32. The van der Waals surface area contributed by atoms with Gasteiger partial charge in [-0.2, -0.15) is 0 Å². The normalized spacial score (nSPS) is 7.69. The number of hydrogen-bond donors (Lipinski definition) is 0. The Morgan fingerprint density at radius 1 is 1.08 bits per heavy atom. The highest BCUT2D eigenvalue weighted by atomic mass is 16.6. The highest BCUT2D eigenvalue weighted by molar-refractivity contribution is 5.87. The van der Waals surface area contributed by atoms with Crippen LogP contribution in [-0.2, 0) is 14.3 Å². The fourth-order valence-electron chi connectivity index (χ4n) is 0.370. The van der Waals surface area contributed by atoms with Crippen LogP contribution in [0.3, 0.4) is 0 Å². The second-order valence-electron chi connectivity index (χ2n) is 1.62. The Morgan fingerprint density at radius 3 is 1.77 bits per heavy atom. The minimum absolute atomic E-state index is 0.571. The molecule has 0 spiro atoms. The van der Waals surface area contributed by atoms with Gasteiger partial charge in [0, 0.05) is 9.82 Å². The van der Waals surface area contributed by atoms with Crippen LogP contribution in [0.15, 0.2) is 10.2 Å². The highest BCUT2D eigenvalue weighted by Crippen LogP contribution is 1.84. The molecule has 0 saturated carbocycles. The number of rotatable bonds is 4. The third kappa shape index (κ3) is 6.17. The van der Waals surface area contributed by atoms with Crippen LogP contribution in [0.2, 0.25) is 0 Å². The van der Waals surface area contributed by atoms with E-state index in [2.05, 4.69) is 24.8 Å². The molecule has 0 N–H and O–H groups in total. The van der Waals surface area contributed by atoms with Gasteiger partial charge in [-0.25, -0.2) is 0 Å². The molecule has 0 heterocycles. The van der Waals surface area contributed by atoms with Crippen LogP contribution in [0.5, 0.6) is 0 Å². The molecule has 0 fully saturated rings. The molecule has 0 amide bonds. The quantitative estimate of drug-likeness (QED) is 0.208. The van der Waals surface area contributed by atoms with Gasteiger partial charge < -0.3 is 4.74 Å². The van der Waals surface area contributed by atoms with E-state index in [1.807, 2.05) is 0 Å². The standard InChI is InChI=1S/C4H4N6O3/c5-9-7-1-3(11)13-4(12)2-8-10-6/h1-2H2. The van der Waals surface area contributed by atoms with Crippen LogP contribution in [0, 0.1) is 0 Å². The summed E-state index contributed by atoms with van der Waals surface area (Å²) in [6, 6.07) is 0. The number of carbonyl (C=O) groups is 2. The molecule has 0 rings (SSSR count). The Morgan fingerprint density at radius 2 is 1.46 bits per heavy atom. The van der Waals surface area contributed by atoms with Gasteiger partial charge in [0.05, 0.1) is 0 Å². The summed E-state index contributed by atoms with van der Waals surface area (Å²) in [5.41, 5.74) is 15.6. The number of carbonyl (C=O) groups excluding carboxylic acids is 2. The van der Waals surface area contributed by atoms with E-state index in [9.17, 15) is 9.59 Å². The molecule has 0 atom stereocenters. The van der Waals surface area contributed by atoms with E-state index < -0.39 is 25.0 Å². The van der Waals surface area contributed by atoms with E-state index in [4.69, 9.17) is 11.1 Å². The van der Waals surface area contributed by atoms with Crippen molar-refractivity contribution in [2.45, 2.75) is 0 Å². The van der Waals surface area contributed by atoms with Gasteiger partial charge in [0.25, 0.3) is 0 Å². The monoisotopic (exact) mass is 184 g/mol. The minimum atomic E-state index is -0.990. The molecule has 0 unspecified atom stereocenters. The lowest BCUT2D eigenvalue weighted by molar-refractivity contribution is -0.157. The summed E-state index contributed by atoms with van der Waals surface area (Å²) in [4.78, 5) is 25.6. The van der Waals surface area contributed by atoms with Gasteiger partial charge in [-0.15, -0.1) is 0 Å². The lowest BCUT2D eigenvalue weighted by Crippen LogP contribution is -2.16. The van der Waals surface area contributed by atoms with Gasteiger partial charge in [0.1, 0.15) is 13.1 Å². The molecule has 9 nitrogen and oxygen atoms in total. The largest absolute Gasteiger partial charge is 0.393 e. The summed E-state index contributed by atoms with van der Waals surface area (Å²) in [5, 5.41) is 5.71. The van der Waals surface area contributed by atoms with E-state index in [1.165, 1.54) is 0 Å². The Hall–Kier alpha value is -2.24. The molecule has 9 heteroatoms. The first kappa shape index (κ1) is 10.8. The Bertz CT molecular complexity index is 269. The summed E-state index contributed by atoms with van der Waals surface area (Å²) in [6.07, 6.45) is 0. The second-order valence-corrected chi connectivity index (χ2v) is 1.62. The van der Waals surface area contributed by atoms with Crippen molar-refractivity contribution in [1.29, 1.82) is 0 Å². The Labute approximate surface area is 71.5 Å². The van der Waals surface area contributed by atoms with Gasteiger partial charge in [-0.3, -0.25) is 9.59 Å². The third-order valence-corrected chi connectivity index (χ3v) is 0.754. The summed E-state index contributed by atoms with van der Waals surface area (Å²) < 4.78 is 4.05. The maximum absolute atomic E-state index is 10.5. The smallest absolute Gasteiger partial charge is 0.319 e. The number of nitrogens with zero attached hydrogens (tertiary/aromatic N) is 6. The summed E-state index contributed by atoms with van der Waals surface area (Å²) in [7, 11) is 0. The van der Waals surface area contributed by atoms with Crippen LogP contribution in [0.4, 0.5) is 0 Å². The molecule has 0 bridgehead atoms. The van der Waals surface area contributed by atoms with E-state index in [0.29, 0.717) is 0 Å². The molecular weight excluding hydrogens is 180 g/mol. The van der Waals surface area contributed by atoms with Gasteiger partial charge >= 0.3 is 11.9 Å². The van der Waals surface area contributed by atoms with Gasteiger partial charge in [0.15, 0.2) is 0 Å². The fraction of sp³-hybridized carbons (Fsp3) is 0.500. The molecule has 0 aliphatic carbocycles. The maximum atomic E-state index is 10.5. The fourth-order valence-corrected chi connectivity index (χ4v) is 0.370. The lowest BCUT2D eigenvalue weighted by atomic mass is 10.6. The van der Waals surface area contributed by atoms with Gasteiger partial charge in [0.2, 0.25) is 0 Å². The summed E-state index contributed by atoms with van der Waals surface area (Å²) in [5.74, 6) is -1.98. The first-order chi connectivity index (χ1) is 6.20. The van der Waals surface area contributed by atoms with E-state index in [-0.39, 0.29) is 0 Å². The van der Waals surface area contributed by atoms with Crippen molar-refractivity contribution >= 4 is 11.9 Å². The third-order valence-electron chi connectivity index (χ3n) is 0.754. The summed E-state index contributed by atoms with van der Waals surface area (Å²) in [6.45, 7) is -1.14. The van der Waals surface area contributed by atoms with E-state index in [0.717, 1.165) is 0 Å². The van der Waals surface area contributed by atoms with Crippen molar-refractivity contribution in [3.05, 3.63) is 20.9 Å². The maximum Gasteiger partial charge on any atom is 0.319 e. The van der Waals surface area contributed by atoms with Crippen molar-refractivity contribution in [3.8, 4) is 0 Å². The molecule has 0 aromatic rings. The molecule has 68 valence electrons. The predicted octanol–water partition coefficient (Wildman–Crippen LogP) is 0.677. The molecule has 0 aromatic carbocycles. The van der Waals surface area contributed by atoms with Gasteiger partial charge in [-0.1, -0.05) is 10.2 Å². The lowest BCUT2D eigenvalue weighted by Gasteiger charge is -1.95. The number of esters is 2. The highest BCUT2D eigenvalue weighted by Gasteiger charge is 2.07. The van der Waals surface area contributed by atoms with Crippen LogP contribution >= 0.6 is 0 Å². The number of azide groups is 2. The predicted molar refractivity (Wildman–Crippen MR) is 39.1 cm³/mol. The van der Waals surface area contributed by atoms with Crippen molar-refractivity contribution < 1.29 is 14.3 Å². The summed E-state index contributed by atoms with van der Waals surface area (Å²) >= 11 is 0.